The Morgan fingerprint density at radius 3 is 2.88 bits per heavy atom. The van der Waals surface area contributed by atoms with Crippen LogP contribution in [0.15, 0.2) is 30.5 Å². The maximum Gasteiger partial charge on any atom is 0.142 e. The molecule has 2 heterocycles. The third-order valence-electron chi connectivity index (χ3n) is 6.14. The third-order valence-corrected chi connectivity index (χ3v) is 6.14. The smallest absolute Gasteiger partial charge is 0.142 e. The largest absolute Gasteiger partial charge is 0.288 e. The molecular formula is C19H24N4O. The number of hydrogen-bond acceptors (Lipinski definition) is 5. The van der Waals surface area contributed by atoms with Gasteiger partial charge in [0.25, 0.3) is 0 Å². The van der Waals surface area contributed by atoms with Crippen LogP contribution in [0.1, 0.15) is 37.7 Å². The lowest BCUT2D eigenvalue weighted by molar-refractivity contribution is -0.146. The van der Waals surface area contributed by atoms with Gasteiger partial charge in [0.15, 0.2) is 0 Å². The Labute approximate surface area is 142 Å². The van der Waals surface area contributed by atoms with Crippen molar-refractivity contribution in [1.82, 2.24) is 15.7 Å². The molecule has 1 saturated heterocycles. The maximum absolute atomic E-state index is 6.09. The van der Waals surface area contributed by atoms with Crippen molar-refractivity contribution in [2.24, 2.45) is 11.8 Å². The van der Waals surface area contributed by atoms with Crippen LogP contribution in [-0.2, 0) is 4.84 Å². The molecule has 24 heavy (non-hydrogen) atoms. The highest BCUT2D eigenvalue weighted by atomic mass is 16.7. The van der Waals surface area contributed by atoms with Gasteiger partial charge in [0.2, 0.25) is 0 Å². The SMILES string of the molecule is Cc1ccc2cc(NN3C[C@]4(CC5CCC4CC5)ON3)ncc2c1. The number of aryl methyl sites for hydroxylation is 1. The predicted molar refractivity (Wildman–Crippen MR) is 93.8 cm³/mol. The van der Waals surface area contributed by atoms with E-state index in [1.54, 1.807) is 0 Å². The summed E-state index contributed by atoms with van der Waals surface area (Å²) in [5.74, 6) is 2.38. The molecule has 3 aliphatic carbocycles. The number of fused-ring (bicyclic) bond motifs is 3. The molecule has 5 heteroatoms. The van der Waals surface area contributed by atoms with Crippen LogP contribution in [0.5, 0.6) is 0 Å². The van der Waals surface area contributed by atoms with Crippen molar-refractivity contribution in [3.63, 3.8) is 0 Å². The number of nitrogens with one attached hydrogen (secondary N) is 2. The summed E-state index contributed by atoms with van der Waals surface area (Å²) in [6.45, 7) is 2.98. The summed E-state index contributed by atoms with van der Waals surface area (Å²) in [6.07, 6.45) is 8.51. The van der Waals surface area contributed by atoms with Gasteiger partial charge in [0.1, 0.15) is 11.4 Å². The van der Waals surface area contributed by atoms with E-state index < -0.39 is 0 Å². The molecule has 1 aromatic heterocycles. The predicted octanol–water partition coefficient (Wildman–Crippen LogP) is 3.57. The van der Waals surface area contributed by atoms with E-state index in [0.29, 0.717) is 5.92 Å². The summed E-state index contributed by atoms with van der Waals surface area (Å²) in [6, 6.07) is 8.54. The highest BCUT2D eigenvalue weighted by molar-refractivity contribution is 5.84. The van der Waals surface area contributed by atoms with Gasteiger partial charge in [-0.15, -0.1) is 10.7 Å². The average Bonchev–Trinajstić information content (AvgIpc) is 2.98. The molecule has 1 aromatic carbocycles. The fourth-order valence-corrected chi connectivity index (χ4v) is 4.87. The second-order valence-corrected chi connectivity index (χ2v) is 7.80. The van der Waals surface area contributed by atoms with E-state index in [-0.39, 0.29) is 5.60 Å². The Morgan fingerprint density at radius 2 is 2.08 bits per heavy atom. The average molecular weight is 324 g/mol. The normalized spacial score (nSPS) is 32.7. The first kappa shape index (κ1) is 14.6. The Balaban J connectivity index is 1.33. The topological polar surface area (TPSA) is 49.4 Å². The molecule has 1 aliphatic heterocycles. The van der Waals surface area contributed by atoms with E-state index >= 15 is 0 Å². The summed E-state index contributed by atoms with van der Waals surface area (Å²) in [5.41, 5.74) is 7.70. The number of anilines is 1. The van der Waals surface area contributed by atoms with Gasteiger partial charge in [-0.1, -0.05) is 17.7 Å². The monoisotopic (exact) mass is 324 g/mol. The van der Waals surface area contributed by atoms with Crippen molar-refractivity contribution in [2.45, 2.75) is 44.6 Å². The minimum Gasteiger partial charge on any atom is -0.288 e. The first-order valence-corrected chi connectivity index (χ1v) is 9.04. The number of aromatic nitrogens is 1. The highest BCUT2D eigenvalue weighted by Gasteiger charge is 2.53. The molecule has 2 N–H and O–H groups in total. The summed E-state index contributed by atoms with van der Waals surface area (Å²) in [4.78, 5) is 10.6. The number of hydrogen-bond donors (Lipinski definition) is 2. The van der Waals surface area contributed by atoms with Crippen LogP contribution in [0, 0.1) is 18.8 Å². The van der Waals surface area contributed by atoms with Gasteiger partial charge >= 0.3 is 0 Å². The van der Waals surface area contributed by atoms with E-state index in [1.807, 2.05) is 11.3 Å². The van der Waals surface area contributed by atoms with E-state index in [4.69, 9.17) is 4.84 Å². The van der Waals surface area contributed by atoms with E-state index in [1.165, 1.54) is 48.4 Å². The summed E-state index contributed by atoms with van der Waals surface area (Å²) < 4.78 is 0. The van der Waals surface area contributed by atoms with E-state index in [9.17, 15) is 0 Å². The van der Waals surface area contributed by atoms with Gasteiger partial charge < -0.3 is 0 Å². The third kappa shape index (κ3) is 2.39. The van der Waals surface area contributed by atoms with Crippen LogP contribution < -0.4 is 11.0 Å². The number of benzene rings is 1. The number of pyridine rings is 1. The van der Waals surface area contributed by atoms with Crippen LogP contribution in [-0.4, -0.2) is 22.2 Å². The molecule has 1 spiro atoms. The molecular weight excluding hydrogens is 300 g/mol. The minimum atomic E-state index is -0.0118. The number of rotatable bonds is 2. The van der Waals surface area contributed by atoms with Gasteiger partial charge in [-0.3, -0.25) is 10.3 Å². The molecule has 0 amide bonds. The quantitative estimate of drug-likeness (QED) is 0.884. The lowest BCUT2D eigenvalue weighted by atomic mass is 9.62. The van der Waals surface area contributed by atoms with Crippen LogP contribution in [0.4, 0.5) is 5.82 Å². The first-order chi connectivity index (χ1) is 11.7. The van der Waals surface area contributed by atoms with Crippen LogP contribution in [0.25, 0.3) is 10.8 Å². The van der Waals surface area contributed by atoms with Crippen molar-refractivity contribution in [3.8, 4) is 0 Å². The van der Waals surface area contributed by atoms with Crippen molar-refractivity contribution < 1.29 is 4.84 Å². The van der Waals surface area contributed by atoms with E-state index in [0.717, 1.165) is 18.3 Å². The molecule has 0 unspecified atom stereocenters. The van der Waals surface area contributed by atoms with Crippen LogP contribution in [0.2, 0.25) is 0 Å². The molecule has 2 aromatic rings. The minimum absolute atomic E-state index is 0.0118. The van der Waals surface area contributed by atoms with Gasteiger partial charge in [0, 0.05) is 11.6 Å². The molecule has 3 saturated carbocycles. The Kier molecular flexibility index (Phi) is 3.30. The van der Waals surface area contributed by atoms with Crippen molar-refractivity contribution in [1.29, 1.82) is 0 Å². The van der Waals surface area contributed by atoms with Crippen LogP contribution in [0.3, 0.4) is 0 Å². The summed E-state index contributed by atoms with van der Waals surface area (Å²) in [7, 11) is 0. The lowest BCUT2D eigenvalue weighted by Gasteiger charge is -2.47. The summed E-state index contributed by atoms with van der Waals surface area (Å²) in [5, 5.41) is 4.33. The molecule has 0 radical (unpaired) electrons. The van der Waals surface area contributed by atoms with Crippen LogP contribution >= 0.6 is 0 Å². The van der Waals surface area contributed by atoms with Crippen molar-refractivity contribution in [3.05, 3.63) is 36.0 Å². The Hall–Kier alpha value is -1.69. The standard InChI is InChI=1S/C19H24N4O/c1-13-2-5-15-9-18(20-11-16(15)8-13)21-23-12-19(24-22-23)10-14-3-6-17(19)7-4-14/h2,5,8-9,11,14,17,22H,3-4,6-7,10,12H2,1H3,(H,20,21)/t14?,17?,19-/m0/s1. The van der Waals surface area contributed by atoms with Gasteiger partial charge in [0.05, 0.1) is 6.54 Å². The van der Waals surface area contributed by atoms with Gasteiger partial charge in [-0.05, 0) is 68.4 Å². The fraction of sp³-hybridized carbons (Fsp3) is 0.526. The van der Waals surface area contributed by atoms with Gasteiger partial charge in [-0.2, -0.15) is 0 Å². The number of hydrazine groups is 2. The molecule has 4 aliphatic rings. The Bertz CT molecular complexity index is 771. The fourth-order valence-electron chi connectivity index (χ4n) is 4.87. The van der Waals surface area contributed by atoms with Crippen molar-refractivity contribution in [2.75, 3.05) is 12.0 Å². The second kappa shape index (κ2) is 5.41. The maximum atomic E-state index is 6.09. The summed E-state index contributed by atoms with van der Waals surface area (Å²) >= 11 is 0. The molecule has 126 valence electrons. The molecule has 6 rings (SSSR count). The zero-order chi connectivity index (χ0) is 16.1. The van der Waals surface area contributed by atoms with Gasteiger partial charge in [-0.25, -0.2) is 4.98 Å². The second-order valence-electron chi connectivity index (χ2n) is 7.80. The molecule has 5 nitrogen and oxygen atoms in total. The Morgan fingerprint density at radius 1 is 1.21 bits per heavy atom. The molecule has 4 fully saturated rings. The van der Waals surface area contributed by atoms with E-state index in [2.05, 4.69) is 47.2 Å². The highest BCUT2D eigenvalue weighted by Crippen LogP contribution is 2.50. The lowest BCUT2D eigenvalue weighted by Crippen LogP contribution is -2.50. The number of nitrogens with zero attached hydrogens (tertiary/aromatic N) is 2. The molecule has 1 atom stereocenters. The first-order valence-electron chi connectivity index (χ1n) is 9.04. The van der Waals surface area contributed by atoms with Crippen molar-refractivity contribution >= 4 is 16.6 Å². The zero-order valence-electron chi connectivity index (χ0n) is 14.1. The zero-order valence-corrected chi connectivity index (χ0v) is 14.1. The molecule has 2 bridgehead atoms.